The zero-order valence-electron chi connectivity index (χ0n) is 8.17. The Morgan fingerprint density at radius 3 is 2.38 bits per heavy atom. The van der Waals surface area contributed by atoms with Crippen molar-refractivity contribution in [2.45, 2.75) is 24.6 Å². The number of alkyl halides is 3. The Balaban J connectivity index is 2.15. The monoisotopic (exact) mass is 233 g/mol. The van der Waals surface area contributed by atoms with Gasteiger partial charge in [0.15, 0.2) is 0 Å². The number of hydrogen-bond acceptors (Lipinski definition) is 5. The van der Waals surface area contributed by atoms with Gasteiger partial charge in [-0.25, -0.2) is 15.8 Å². The molecule has 0 radical (unpaired) electrons. The van der Waals surface area contributed by atoms with Gasteiger partial charge in [-0.15, -0.1) is 0 Å². The molecule has 4 N–H and O–H groups in total. The van der Waals surface area contributed by atoms with E-state index in [0.717, 1.165) is 6.33 Å². The van der Waals surface area contributed by atoms with E-state index in [1.165, 1.54) is 6.07 Å². The Morgan fingerprint density at radius 1 is 1.25 bits per heavy atom. The summed E-state index contributed by atoms with van der Waals surface area (Å²) in [6.07, 6.45) is -3.00. The molecule has 0 spiro atoms. The lowest BCUT2D eigenvalue weighted by molar-refractivity contribution is -0.151. The third-order valence-corrected chi connectivity index (χ3v) is 2.47. The number of hydrogen-bond donors (Lipinski definition) is 3. The second-order valence-corrected chi connectivity index (χ2v) is 3.64. The summed E-state index contributed by atoms with van der Waals surface area (Å²) in [5.74, 6) is 5.46. The number of aromatic nitrogens is 2. The Bertz CT molecular complexity index is 388. The predicted octanol–water partition coefficient (Wildman–Crippen LogP) is 1.27. The summed E-state index contributed by atoms with van der Waals surface area (Å²) in [4.78, 5) is 7.41. The minimum atomic E-state index is -4.27. The molecule has 0 amide bonds. The third-order valence-electron chi connectivity index (χ3n) is 2.47. The van der Waals surface area contributed by atoms with Gasteiger partial charge in [0, 0.05) is 6.07 Å². The number of nitrogens with two attached hydrogens (primary N) is 1. The normalized spacial score (nSPS) is 18.0. The van der Waals surface area contributed by atoms with Crippen molar-refractivity contribution in [2.75, 3.05) is 10.7 Å². The quantitative estimate of drug-likeness (QED) is 0.541. The first kappa shape index (κ1) is 10.9. The largest absolute Gasteiger partial charge is 0.411 e. The summed E-state index contributed by atoms with van der Waals surface area (Å²) in [6.45, 7) is 0. The van der Waals surface area contributed by atoms with Crippen LogP contribution in [0, 0.1) is 0 Å². The summed E-state index contributed by atoms with van der Waals surface area (Å²) in [7, 11) is 0. The van der Waals surface area contributed by atoms with Gasteiger partial charge in [-0.2, -0.15) is 13.2 Å². The van der Waals surface area contributed by atoms with Crippen LogP contribution in [0.1, 0.15) is 12.8 Å². The molecule has 5 nitrogen and oxygen atoms in total. The number of nitrogens with zero attached hydrogens (tertiary/aromatic N) is 2. The molecule has 0 aliphatic heterocycles. The van der Waals surface area contributed by atoms with Crippen molar-refractivity contribution in [3.05, 3.63) is 12.4 Å². The van der Waals surface area contributed by atoms with Crippen LogP contribution >= 0.6 is 0 Å². The second kappa shape index (κ2) is 3.48. The van der Waals surface area contributed by atoms with Crippen molar-refractivity contribution in [3.8, 4) is 0 Å². The molecule has 2 rings (SSSR count). The Morgan fingerprint density at radius 2 is 1.88 bits per heavy atom. The van der Waals surface area contributed by atoms with E-state index < -0.39 is 11.7 Å². The van der Waals surface area contributed by atoms with Gasteiger partial charge < -0.3 is 10.7 Å². The average molecular weight is 233 g/mol. The fourth-order valence-corrected chi connectivity index (χ4v) is 1.35. The van der Waals surface area contributed by atoms with Crippen LogP contribution in [-0.2, 0) is 0 Å². The van der Waals surface area contributed by atoms with Crippen molar-refractivity contribution >= 4 is 11.6 Å². The summed E-state index contributed by atoms with van der Waals surface area (Å²) >= 11 is 0. The lowest BCUT2D eigenvalue weighted by Crippen LogP contribution is -2.38. The number of nitrogens with one attached hydrogen (secondary N) is 2. The maximum absolute atomic E-state index is 12.6. The topological polar surface area (TPSA) is 75.9 Å². The van der Waals surface area contributed by atoms with E-state index >= 15 is 0 Å². The second-order valence-electron chi connectivity index (χ2n) is 3.64. The smallest absolute Gasteiger partial charge is 0.356 e. The molecule has 1 aliphatic carbocycles. The zero-order valence-corrected chi connectivity index (χ0v) is 8.17. The van der Waals surface area contributed by atoms with E-state index in [-0.39, 0.29) is 24.5 Å². The van der Waals surface area contributed by atoms with Crippen molar-refractivity contribution in [3.63, 3.8) is 0 Å². The van der Waals surface area contributed by atoms with Crippen molar-refractivity contribution in [1.82, 2.24) is 9.97 Å². The molecule has 88 valence electrons. The molecule has 16 heavy (non-hydrogen) atoms. The van der Waals surface area contributed by atoms with Gasteiger partial charge in [0.05, 0.1) is 0 Å². The Hall–Kier alpha value is -1.57. The molecule has 1 saturated carbocycles. The molecule has 1 fully saturated rings. The standard InChI is InChI=1S/C8H10F3N5/c9-8(10,11)7(1-2-7)15-5-3-6(16-12)14-4-13-5/h3-4H,1-2,12H2,(H2,13,14,15,16). The van der Waals surface area contributed by atoms with Gasteiger partial charge in [0.1, 0.15) is 23.5 Å². The van der Waals surface area contributed by atoms with Gasteiger partial charge in [-0.1, -0.05) is 0 Å². The highest BCUT2D eigenvalue weighted by Crippen LogP contribution is 2.50. The molecule has 0 saturated heterocycles. The van der Waals surface area contributed by atoms with E-state index in [1.807, 2.05) is 0 Å². The molecule has 1 aromatic rings. The molecular weight excluding hydrogens is 223 g/mol. The van der Waals surface area contributed by atoms with Crippen LogP contribution in [0.3, 0.4) is 0 Å². The van der Waals surface area contributed by atoms with Crippen LogP contribution in [0.25, 0.3) is 0 Å². The SMILES string of the molecule is NNc1cc(NC2(C(F)(F)F)CC2)ncn1. The van der Waals surface area contributed by atoms with E-state index in [9.17, 15) is 13.2 Å². The highest BCUT2D eigenvalue weighted by Gasteiger charge is 2.63. The lowest BCUT2D eigenvalue weighted by atomic mass is 10.2. The molecule has 0 atom stereocenters. The van der Waals surface area contributed by atoms with Crippen LogP contribution in [0.5, 0.6) is 0 Å². The predicted molar refractivity (Wildman–Crippen MR) is 51.5 cm³/mol. The fourth-order valence-electron chi connectivity index (χ4n) is 1.35. The molecule has 8 heteroatoms. The molecule has 1 aliphatic rings. The average Bonchev–Trinajstić information content (AvgIpc) is 2.98. The fraction of sp³-hybridized carbons (Fsp3) is 0.500. The molecule has 1 heterocycles. The third kappa shape index (κ3) is 1.87. The number of anilines is 2. The number of nitrogen functional groups attached to an aromatic ring is 1. The summed E-state index contributed by atoms with van der Waals surface area (Å²) in [5, 5.41) is 2.37. The maximum atomic E-state index is 12.6. The minimum Gasteiger partial charge on any atom is -0.356 e. The van der Waals surface area contributed by atoms with Crippen LogP contribution in [0.4, 0.5) is 24.8 Å². The van der Waals surface area contributed by atoms with Crippen LogP contribution in [0.15, 0.2) is 12.4 Å². The van der Waals surface area contributed by atoms with Crippen LogP contribution < -0.4 is 16.6 Å². The van der Waals surface area contributed by atoms with E-state index in [1.54, 1.807) is 0 Å². The van der Waals surface area contributed by atoms with Gasteiger partial charge in [-0.05, 0) is 12.8 Å². The summed E-state index contributed by atoms with van der Waals surface area (Å²) in [5.41, 5.74) is 0.414. The van der Waals surface area contributed by atoms with Gasteiger partial charge >= 0.3 is 6.18 Å². The number of rotatable bonds is 3. The summed E-state index contributed by atoms with van der Waals surface area (Å²) < 4.78 is 37.9. The zero-order chi connectivity index (χ0) is 11.8. The van der Waals surface area contributed by atoms with Gasteiger partial charge in [0.25, 0.3) is 0 Å². The molecule has 0 bridgehead atoms. The first-order chi connectivity index (χ1) is 7.47. The molecule has 1 aromatic heterocycles. The van der Waals surface area contributed by atoms with Crippen LogP contribution in [0.2, 0.25) is 0 Å². The maximum Gasteiger partial charge on any atom is 0.411 e. The summed E-state index contributed by atoms with van der Waals surface area (Å²) in [6, 6.07) is 1.33. The van der Waals surface area contributed by atoms with Gasteiger partial charge in [0.2, 0.25) is 0 Å². The van der Waals surface area contributed by atoms with Gasteiger partial charge in [-0.3, -0.25) is 0 Å². The first-order valence-electron chi connectivity index (χ1n) is 4.60. The highest BCUT2D eigenvalue weighted by atomic mass is 19.4. The Labute approximate surface area is 89.2 Å². The number of halogens is 3. The Kier molecular flexibility index (Phi) is 2.38. The molecular formula is C8H10F3N5. The first-order valence-corrected chi connectivity index (χ1v) is 4.60. The van der Waals surface area contributed by atoms with Crippen molar-refractivity contribution < 1.29 is 13.2 Å². The highest BCUT2D eigenvalue weighted by molar-refractivity contribution is 5.49. The molecule has 0 unspecified atom stereocenters. The van der Waals surface area contributed by atoms with Crippen LogP contribution in [-0.4, -0.2) is 21.7 Å². The number of hydrazine groups is 1. The minimum absolute atomic E-state index is 0.0614. The van der Waals surface area contributed by atoms with Crippen molar-refractivity contribution in [2.24, 2.45) is 5.84 Å². The van der Waals surface area contributed by atoms with Crippen molar-refractivity contribution in [1.29, 1.82) is 0 Å². The van der Waals surface area contributed by atoms with E-state index in [2.05, 4.69) is 20.7 Å². The lowest BCUT2D eigenvalue weighted by Gasteiger charge is -2.21. The van der Waals surface area contributed by atoms with E-state index in [4.69, 9.17) is 5.84 Å². The van der Waals surface area contributed by atoms with E-state index in [0.29, 0.717) is 0 Å². The molecule has 0 aromatic carbocycles.